The molecule has 0 atom stereocenters. The van der Waals surface area contributed by atoms with Crippen molar-refractivity contribution in [3.63, 3.8) is 0 Å². The van der Waals surface area contributed by atoms with Gasteiger partial charge >= 0.3 is 0 Å². The van der Waals surface area contributed by atoms with Gasteiger partial charge in [0.1, 0.15) is 5.75 Å². The lowest BCUT2D eigenvalue weighted by Gasteiger charge is -2.11. The first kappa shape index (κ1) is 14.7. The Morgan fingerprint density at radius 2 is 1.85 bits per heavy atom. The molecule has 1 aromatic heterocycles. The van der Waals surface area contributed by atoms with Crippen LogP contribution in [0.1, 0.15) is 5.56 Å². The zero-order valence-electron chi connectivity index (χ0n) is 9.85. The lowest BCUT2D eigenvalue weighted by Crippen LogP contribution is -2.14. The van der Waals surface area contributed by atoms with Crippen LogP contribution in [0.2, 0.25) is 15.1 Å². The van der Waals surface area contributed by atoms with Gasteiger partial charge in [0.2, 0.25) is 0 Å². The zero-order chi connectivity index (χ0) is 14.7. The van der Waals surface area contributed by atoms with E-state index in [9.17, 15) is 0 Å². The van der Waals surface area contributed by atoms with E-state index in [1.165, 1.54) is 30.6 Å². The van der Waals surface area contributed by atoms with Crippen LogP contribution in [-0.4, -0.2) is 16.0 Å². The highest BCUT2D eigenvalue weighted by atomic mass is 35.5. The van der Waals surface area contributed by atoms with Crippen molar-refractivity contribution in [2.45, 2.75) is 0 Å². The predicted octanol–water partition coefficient (Wildman–Crippen LogP) is 3.93. The topological polar surface area (TPSA) is 80.7 Å². The maximum absolute atomic E-state index is 8.74. The van der Waals surface area contributed by atoms with E-state index in [0.717, 1.165) is 0 Å². The van der Waals surface area contributed by atoms with Crippen LogP contribution in [0.4, 0.5) is 0 Å². The van der Waals surface area contributed by atoms with Crippen LogP contribution in [0.25, 0.3) is 0 Å². The minimum Gasteiger partial charge on any atom is -0.453 e. The number of hydrogen-bond acceptors (Lipinski definition) is 4. The van der Waals surface area contributed by atoms with Crippen molar-refractivity contribution in [3.8, 4) is 11.5 Å². The molecule has 0 radical (unpaired) electrons. The van der Waals surface area contributed by atoms with E-state index in [2.05, 4.69) is 10.1 Å². The van der Waals surface area contributed by atoms with Gasteiger partial charge in [-0.05, 0) is 12.1 Å². The summed E-state index contributed by atoms with van der Waals surface area (Å²) in [5.74, 6) is 0.433. The Morgan fingerprint density at radius 1 is 1.15 bits per heavy atom. The third-order valence-corrected chi connectivity index (χ3v) is 3.38. The van der Waals surface area contributed by atoms with Crippen LogP contribution >= 0.6 is 34.8 Å². The highest BCUT2D eigenvalue weighted by Gasteiger charge is 2.13. The Hall–Kier alpha value is -1.69. The Balaban J connectivity index is 2.43. The average Bonchev–Trinajstić information content (AvgIpc) is 2.44. The summed E-state index contributed by atoms with van der Waals surface area (Å²) < 4.78 is 5.59. The lowest BCUT2D eigenvalue weighted by atomic mass is 10.2. The van der Waals surface area contributed by atoms with Gasteiger partial charge in [-0.2, -0.15) is 0 Å². The fourth-order valence-corrected chi connectivity index (χ4v) is 2.00. The summed E-state index contributed by atoms with van der Waals surface area (Å²) in [5.41, 5.74) is 5.92. The second-order valence-electron chi connectivity index (χ2n) is 3.66. The summed E-state index contributed by atoms with van der Waals surface area (Å²) in [7, 11) is 0. The van der Waals surface area contributed by atoms with E-state index in [1.54, 1.807) is 0 Å². The largest absolute Gasteiger partial charge is 0.453 e. The van der Waals surface area contributed by atoms with Gasteiger partial charge in [0, 0.05) is 12.3 Å². The Bertz CT molecular complexity index is 677. The fraction of sp³-hybridized carbons (Fsp3) is 0. The lowest BCUT2D eigenvalue weighted by molar-refractivity contribution is 0.318. The standard InChI is InChI=1S/C12H8Cl3N3O2/c13-7-3-9(15)10(4-8(7)14)20-11-5-17-2-1-6(11)12(16)18-19/h1-5,19H,(H2,16,18). The first-order valence-electron chi connectivity index (χ1n) is 5.27. The number of oxime groups is 1. The number of hydrogen-bond donors (Lipinski definition) is 2. The van der Waals surface area contributed by atoms with Crippen molar-refractivity contribution in [3.05, 3.63) is 51.2 Å². The molecule has 0 aliphatic carbocycles. The van der Waals surface area contributed by atoms with Crippen molar-refractivity contribution in [2.75, 3.05) is 0 Å². The summed E-state index contributed by atoms with van der Waals surface area (Å²) in [4.78, 5) is 3.91. The van der Waals surface area contributed by atoms with Crippen molar-refractivity contribution >= 4 is 40.6 Å². The third-order valence-electron chi connectivity index (χ3n) is 2.36. The molecule has 0 spiro atoms. The molecule has 104 valence electrons. The van der Waals surface area contributed by atoms with Gasteiger partial charge in [-0.1, -0.05) is 40.0 Å². The molecule has 0 aliphatic rings. The predicted molar refractivity (Wildman–Crippen MR) is 78.3 cm³/mol. The minimum absolute atomic E-state index is 0.112. The molecule has 2 aromatic rings. The molecule has 0 bridgehead atoms. The third kappa shape index (κ3) is 3.07. The molecule has 3 N–H and O–H groups in total. The molecule has 0 amide bonds. The maximum Gasteiger partial charge on any atom is 0.173 e. The van der Waals surface area contributed by atoms with Gasteiger partial charge in [-0.15, -0.1) is 0 Å². The molecule has 5 nitrogen and oxygen atoms in total. The average molecular weight is 333 g/mol. The van der Waals surface area contributed by atoms with E-state index < -0.39 is 0 Å². The molecule has 0 saturated heterocycles. The number of nitrogens with zero attached hydrogens (tertiary/aromatic N) is 2. The van der Waals surface area contributed by atoms with Crippen LogP contribution in [0, 0.1) is 0 Å². The summed E-state index contributed by atoms with van der Waals surface area (Å²) in [6.07, 6.45) is 2.89. The van der Waals surface area contributed by atoms with Crippen molar-refractivity contribution in [2.24, 2.45) is 10.9 Å². The molecular weight excluding hydrogens is 325 g/mol. The molecule has 8 heteroatoms. The second kappa shape index (κ2) is 6.17. The Kier molecular flexibility index (Phi) is 4.54. The van der Waals surface area contributed by atoms with Crippen LogP contribution in [0.3, 0.4) is 0 Å². The monoisotopic (exact) mass is 331 g/mol. The Labute approximate surface area is 129 Å². The molecule has 1 aromatic carbocycles. The van der Waals surface area contributed by atoms with Gasteiger partial charge in [-0.3, -0.25) is 4.98 Å². The van der Waals surface area contributed by atoms with Gasteiger partial charge in [0.25, 0.3) is 0 Å². The summed E-state index contributed by atoms with van der Waals surface area (Å²) in [6, 6.07) is 4.46. The highest BCUT2D eigenvalue weighted by Crippen LogP contribution is 2.36. The van der Waals surface area contributed by atoms with Crippen LogP contribution in [0.5, 0.6) is 11.5 Å². The van der Waals surface area contributed by atoms with E-state index >= 15 is 0 Å². The minimum atomic E-state index is -0.112. The quantitative estimate of drug-likeness (QED) is 0.293. The molecule has 0 fully saturated rings. The molecule has 1 heterocycles. The zero-order valence-corrected chi connectivity index (χ0v) is 12.1. The second-order valence-corrected chi connectivity index (χ2v) is 4.88. The molecule has 0 unspecified atom stereocenters. The van der Waals surface area contributed by atoms with E-state index in [-0.39, 0.29) is 22.4 Å². The maximum atomic E-state index is 8.74. The molecule has 0 aliphatic heterocycles. The van der Waals surface area contributed by atoms with Crippen molar-refractivity contribution in [1.29, 1.82) is 0 Å². The van der Waals surface area contributed by atoms with E-state index in [0.29, 0.717) is 15.6 Å². The van der Waals surface area contributed by atoms with Gasteiger partial charge < -0.3 is 15.7 Å². The number of halogens is 3. The SMILES string of the molecule is N/C(=N/O)c1ccncc1Oc1cc(Cl)c(Cl)cc1Cl. The Morgan fingerprint density at radius 3 is 2.55 bits per heavy atom. The normalized spacial score (nSPS) is 11.4. The fourth-order valence-electron chi connectivity index (χ4n) is 1.43. The number of ether oxygens (including phenoxy) is 1. The van der Waals surface area contributed by atoms with E-state index in [1.807, 2.05) is 0 Å². The number of rotatable bonds is 3. The number of nitrogens with two attached hydrogens (primary N) is 1. The van der Waals surface area contributed by atoms with Crippen molar-refractivity contribution < 1.29 is 9.94 Å². The molecular formula is C12H8Cl3N3O2. The first-order valence-corrected chi connectivity index (χ1v) is 6.40. The highest BCUT2D eigenvalue weighted by molar-refractivity contribution is 6.43. The first-order chi connectivity index (χ1) is 9.52. The van der Waals surface area contributed by atoms with Gasteiger partial charge in [0.15, 0.2) is 11.6 Å². The number of amidine groups is 1. The van der Waals surface area contributed by atoms with Crippen LogP contribution < -0.4 is 10.5 Å². The number of benzene rings is 1. The number of pyridine rings is 1. The van der Waals surface area contributed by atoms with Gasteiger partial charge in [0.05, 0.1) is 26.8 Å². The summed E-state index contributed by atoms with van der Waals surface area (Å²) >= 11 is 17.8. The van der Waals surface area contributed by atoms with Gasteiger partial charge in [-0.25, -0.2) is 0 Å². The van der Waals surface area contributed by atoms with Crippen molar-refractivity contribution in [1.82, 2.24) is 4.98 Å². The van der Waals surface area contributed by atoms with E-state index in [4.69, 9.17) is 50.5 Å². The molecule has 20 heavy (non-hydrogen) atoms. The van der Waals surface area contributed by atoms with Crippen LogP contribution in [-0.2, 0) is 0 Å². The summed E-state index contributed by atoms with van der Waals surface area (Å²) in [6.45, 7) is 0. The number of aromatic nitrogens is 1. The summed E-state index contributed by atoms with van der Waals surface area (Å²) in [5, 5.41) is 12.5. The van der Waals surface area contributed by atoms with Crippen LogP contribution in [0.15, 0.2) is 35.7 Å². The smallest absolute Gasteiger partial charge is 0.173 e. The molecule has 0 saturated carbocycles. The molecule has 2 rings (SSSR count).